The van der Waals surface area contributed by atoms with E-state index in [1.165, 1.54) is 33.3 Å². The summed E-state index contributed by atoms with van der Waals surface area (Å²) >= 11 is 11.6. The SMILES string of the molecule is COC(CNC(=O)NC(C)(Cc1ccc(OC(F)(F)F)cc1)C(=O)Nc1cc(Cl)c(F)c(Cl)c1)OC. The van der Waals surface area contributed by atoms with E-state index in [4.69, 9.17) is 32.7 Å². The van der Waals surface area contributed by atoms with Crippen LogP contribution in [0.2, 0.25) is 10.0 Å². The van der Waals surface area contributed by atoms with Crippen molar-refractivity contribution in [2.24, 2.45) is 0 Å². The molecule has 3 amide bonds. The van der Waals surface area contributed by atoms with Gasteiger partial charge < -0.3 is 30.2 Å². The highest BCUT2D eigenvalue weighted by molar-refractivity contribution is 6.35. The predicted molar refractivity (Wildman–Crippen MR) is 125 cm³/mol. The summed E-state index contributed by atoms with van der Waals surface area (Å²) in [4.78, 5) is 25.8. The molecule has 8 nitrogen and oxygen atoms in total. The summed E-state index contributed by atoms with van der Waals surface area (Å²) in [6, 6.07) is 6.26. The molecule has 0 aliphatic carbocycles. The van der Waals surface area contributed by atoms with Gasteiger partial charge in [-0.15, -0.1) is 13.2 Å². The number of benzene rings is 2. The molecule has 0 saturated heterocycles. The molecular formula is C22H23Cl2F4N3O5. The van der Waals surface area contributed by atoms with Gasteiger partial charge in [0.05, 0.1) is 16.6 Å². The summed E-state index contributed by atoms with van der Waals surface area (Å²) in [7, 11) is 2.74. The minimum absolute atomic E-state index is 0.0524. The largest absolute Gasteiger partial charge is 0.573 e. The van der Waals surface area contributed by atoms with Crippen molar-refractivity contribution in [3.63, 3.8) is 0 Å². The number of ether oxygens (including phenoxy) is 3. The zero-order valence-corrected chi connectivity index (χ0v) is 20.8. The number of rotatable bonds is 10. The van der Waals surface area contributed by atoms with E-state index in [9.17, 15) is 27.2 Å². The van der Waals surface area contributed by atoms with Gasteiger partial charge in [0.1, 0.15) is 11.3 Å². The molecule has 0 aliphatic rings. The molecule has 2 aromatic carbocycles. The molecule has 0 aromatic heterocycles. The van der Waals surface area contributed by atoms with Crippen molar-refractivity contribution >= 4 is 40.8 Å². The first-order valence-electron chi connectivity index (χ1n) is 10.2. The molecule has 1 atom stereocenters. The van der Waals surface area contributed by atoms with Crippen molar-refractivity contribution in [3.8, 4) is 5.75 Å². The maximum absolute atomic E-state index is 13.7. The zero-order chi connectivity index (χ0) is 27.1. The Morgan fingerprint density at radius 1 is 1.03 bits per heavy atom. The number of methoxy groups -OCH3 is 2. The van der Waals surface area contributed by atoms with Crippen LogP contribution in [0.25, 0.3) is 0 Å². The Balaban J connectivity index is 2.27. The average Bonchev–Trinajstić information content (AvgIpc) is 2.78. The molecule has 0 aliphatic heterocycles. The predicted octanol–water partition coefficient (Wildman–Crippen LogP) is 4.89. The lowest BCUT2D eigenvalue weighted by atomic mass is 9.91. The van der Waals surface area contributed by atoms with Gasteiger partial charge in [0.25, 0.3) is 0 Å². The highest BCUT2D eigenvalue weighted by Gasteiger charge is 2.36. The molecule has 3 N–H and O–H groups in total. The number of carbonyl (C=O) groups is 2. The van der Waals surface area contributed by atoms with Crippen LogP contribution in [0.1, 0.15) is 12.5 Å². The lowest BCUT2D eigenvalue weighted by molar-refractivity contribution is -0.274. The van der Waals surface area contributed by atoms with E-state index in [0.717, 1.165) is 24.3 Å². The third-order valence-electron chi connectivity index (χ3n) is 4.80. The summed E-state index contributed by atoms with van der Waals surface area (Å²) in [6.07, 6.45) is -5.77. The Bertz CT molecular complexity index is 1050. The number of hydrogen-bond donors (Lipinski definition) is 3. The van der Waals surface area contributed by atoms with Gasteiger partial charge in [-0.2, -0.15) is 0 Å². The van der Waals surface area contributed by atoms with Crippen LogP contribution in [0.3, 0.4) is 0 Å². The van der Waals surface area contributed by atoms with Gasteiger partial charge in [-0.3, -0.25) is 4.79 Å². The molecule has 0 spiro atoms. The number of amides is 3. The molecule has 0 radical (unpaired) electrons. The van der Waals surface area contributed by atoms with Crippen molar-refractivity contribution in [2.75, 3.05) is 26.1 Å². The lowest BCUT2D eigenvalue weighted by Crippen LogP contribution is -2.59. The number of urea groups is 1. The third-order valence-corrected chi connectivity index (χ3v) is 5.35. The van der Waals surface area contributed by atoms with Gasteiger partial charge in [0, 0.05) is 26.3 Å². The number of carbonyl (C=O) groups excluding carboxylic acids is 2. The van der Waals surface area contributed by atoms with Crippen molar-refractivity contribution in [1.82, 2.24) is 10.6 Å². The Morgan fingerprint density at radius 3 is 2.08 bits per heavy atom. The molecule has 14 heteroatoms. The van der Waals surface area contributed by atoms with Crippen LogP contribution in [0.4, 0.5) is 28.0 Å². The van der Waals surface area contributed by atoms with Gasteiger partial charge in [-0.25, -0.2) is 9.18 Å². The standard InChI is InChI=1S/C22H23Cl2F4N3O5/c1-21(31-20(33)29-11-17(34-2)35-3,10-12-4-6-14(7-5-12)36-22(26,27)28)19(32)30-13-8-15(23)18(25)16(24)9-13/h4-9,17H,10-11H2,1-3H3,(H,30,32)(H2,29,31,33). The van der Waals surface area contributed by atoms with Gasteiger partial charge in [0.15, 0.2) is 12.1 Å². The Labute approximate surface area is 214 Å². The normalized spacial score (nSPS) is 13.2. The van der Waals surface area contributed by atoms with Gasteiger partial charge >= 0.3 is 12.4 Å². The third kappa shape index (κ3) is 8.70. The number of hydrogen-bond acceptors (Lipinski definition) is 5. The Kier molecular flexibility index (Phi) is 10.2. The molecule has 0 saturated carbocycles. The lowest BCUT2D eigenvalue weighted by Gasteiger charge is -2.30. The number of halogens is 6. The van der Waals surface area contributed by atoms with E-state index in [0.29, 0.717) is 5.56 Å². The van der Waals surface area contributed by atoms with Crippen LogP contribution in [-0.4, -0.2) is 50.9 Å². The fraction of sp³-hybridized carbons (Fsp3) is 0.364. The van der Waals surface area contributed by atoms with Crippen LogP contribution >= 0.6 is 23.2 Å². The van der Waals surface area contributed by atoms with E-state index >= 15 is 0 Å². The number of nitrogens with one attached hydrogen (secondary N) is 3. The molecule has 0 heterocycles. The average molecular weight is 556 g/mol. The molecule has 198 valence electrons. The van der Waals surface area contributed by atoms with E-state index in [1.54, 1.807) is 0 Å². The smallest absolute Gasteiger partial charge is 0.406 e. The van der Waals surface area contributed by atoms with Crippen molar-refractivity contribution in [2.45, 2.75) is 31.5 Å². The second-order valence-corrected chi connectivity index (χ2v) is 8.46. The minimum atomic E-state index is -4.87. The van der Waals surface area contributed by atoms with Crippen LogP contribution in [-0.2, 0) is 20.7 Å². The van der Waals surface area contributed by atoms with Crippen molar-refractivity contribution in [1.29, 1.82) is 0 Å². The summed E-state index contributed by atoms with van der Waals surface area (Å²) < 4.78 is 64.9. The molecule has 0 bridgehead atoms. The quantitative estimate of drug-likeness (QED) is 0.220. The molecule has 0 fully saturated rings. The Morgan fingerprint density at radius 2 is 1.58 bits per heavy atom. The second-order valence-electron chi connectivity index (χ2n) is 7.64. The first-order chi connectivity index (χ1) is 16.8. The van der Waals surface area contributed by atoms with E-state index in [1.807, 2.05) is 0 Å². The monoisotopic (exact) mass is 555 g/mol. The zero-order valence-electron chi connectivity index (χ0n) is 19.3. The number of alkyl halides is 3. The first kappa shape index (κ1) is 29.4. The fourth-order valence-electron chi connectivity index (χ4n) is 3.03. The fourth-order valence-corrected chi connectivity index (χ4v) is 3.52. The highest BCUT2D eigenvalue weighted by atomic mass is 35.5. The second kappa shape index (κ2) is 12.4. The molecular weight excluding hydrogens is 533 g/mol. The van der Waals surface area contributed by atoms with Crippen molar-refractivity contribution in [3.05, 3.63) is 57.8 Å². The molecule has 2 rings (SSSR count). The molecule has 2 aromatic rings. The van der Waals surface area contributed by atoms with E-state index in [2.05, 4.69) is 20.7 Å². The molecule has 36 heavy (non-hydrogen) atoms. The van der Waals surface area contributed by atoms with Crippen LogP contribution < -0.4 is 20.7 Å². The number of anilines is 1. The van der Waals surface area contributed by atoms with Crippen LogP contribution in [0.5, 0.6) is 5.75 Å². The molecule has 1 unspecified atom stereocenters. The van der Waals surface area contributed by atoms with Crippen LogP contribution in [0.15, 0.2) is 36.4 Å². The van der Waals surface area contributed by atoms with Crippen LogP contribution in [0, 0.1) is 5.82 Å². The summed E-state index contributed by atoms with van der Waals surface area (Å²) in [5.74, 6) is -2.07. The highest BCUT2D eigenvalue weighted by Crippen LogP contribution is 2.29. The minimum Gasteiger partial charge on any atom is -0.406 e. The van der Waals surface area contributed by atoms with Gasteiger partial charge in [-0.05, 0) is 36.8 Å². The summed E-state index contributed by atoms with van der Waals surface area (Å²) in [5.41, 5.74) is -1.21. The van der Waals surface area contributed by atoms with Gasteiger partial charge in [0.2, 0.25) is 5.91 Å². The maximum atomic E-state index is 13.7. The summed E-state index contributed by atoms with van der Waals surface area (Å²) in [6.45, 7) is 1.34. The maximum Gasteiger partial charge on any atom is 0.573 e. The van der Waals surface area contributed by atoms with E-state index < -0.39 is 41.7 Å². The summed E-state index contributed by atoms with van der Waals surface area (Å²) in [5, 5.41) is 6.86. The van der Waals surface area contributed by atoms with Gasteiger partial charge in [-0.1, -0.05) is 35.3 Å². The van der Waals surface area contributed by atoms with E-state index in [-0.39, 0.29) is 28.7 Å². The van der Waals surface area contributed by atoms with Crippen molar-refractivity contribution < 1.29 is 41.4 Å². The topological polar surface area (TPSA) is 97.9 Å². The first-order valence-corrected chi connectivity index (χ1v) is 10.9. The Hall–Kier alpha value is -2.80.